The molecule has 0 atom stereocenters. The highest BCUT2D eigenvalue weighted by Gasteiger charge is 2.32. The Hall–Kier alpha value is -1.29. The van der Waals surface area contributed by atoms with Gasteiger partial charge in [-0.05, 0) is 26.3 Å². The molecule has 20 heavy (non-hydrogen) atoms. The number of fused-ring (bicyclic) bond motifs is 1. The van der Waals surface area contributed by atoms with Crippen molar-refractivity contribution in [3.05, 3.63) is 23.8 Å². The number of rotatable bonds is 5. The zero-order valence-corrected chi connectivity index (χ0v) is 13.5. The number of hydrogen-bond acceptors (Lipinski definition) is 3. The predicted molar refractivity (Wildman–Crippen MR) is 85.5 cm³/mol. The SMILES string of the molecule is CC1(C)Cc2cccc(OCCC(C)(C)C(N)=S)c2O1. The molecule has 0 bridgehead atoms. The summed E-state index contributed by atoms with van der Waals surface area (Å²) < 4.78 is 11.9. The highest BCUT2D eigenvalue weighted by molar-refractivity contribution is 7.80. The molecule has 2 rings (SSSR count). The number of thiocarbonyl (C=S) groups is 1. The van der Waals surface area contributed by atoms with Crippen LogP contribution in [0.5, 0.6) is 11.5 Å². The molecule has 3 nitrogen and oxygen atoms in total. The molecule has 1 aromatic carbocycles. The normalized spacial score (nSPS) is 16.4. The number of ether oxygens (including phenoxy) is 2. The molecule has 0 fully saturated rings. The van der Waals surface area contributed by atoms with Gasteiger partial charge in [0.1, 0.15) is 5.60 Å². The minimum absolute atomic E-state index is 0.153. The van der Waals surface area contributed by atoms with Crippen LogP contribution >= 0.6 is 12.2 Å². The van der Waals surface area contributed by atoms with Crippen molar-refractivity contribution in [3.8, 4) is 11.5 Å². The van der Waals surface area contributed by atoms with Gasteiger partial charge in [0.25, 0.3) is 0 Å². The number of hydrogen-bond donors (Lipinski definition) is 1. The van der Waals surface area contributed by atoms with Gasteiger partial charge in [-0.1, -0.05) is 38.2 Å². The topological polar surface area (TPSA) is 44.5 Å². The van der Waals surface area contributed by atoms with Gasteiger partial charge in [-0.3, -0.25) is 0 Å². The number of benzene rings is 1. The van der Waals surface area contributed by atoms with E-state index in [1.54, 1.807) is 0 Å². The Morgan fingerprint density at radius 1 is 1.45 bits per heavy atom. The second kappa shape index (κ2) is 5.24. The number of para-hydroxylation sites is 1. The van der Waals surface area contributed by atoms with Gasteiger partial charge in [0, 0.05) is 17.4 Å². The Morgan fingerprint density at radius 3 is 2.80 bits per heavy atom. The molecule has 0 radical (unpaired) electrons. The molecule has 0 amide bonds. The molecule has 0 spiro atoms. The standard InChI is InChI=1S/C16H23NO2S/c1-15(2,14(17)20)8-9-18-12-7-5-6-11-10-16(3,4)19-13(11)12/h5-7H,8-10H2,1-4H3,(H2,17,20). The molecule has 0 aliphatic carbocycles. The van der Waals surface area contributed by atoms with Crippen LogP contribution in [0.4, 0.5) is 0 Å². The van der Waals surface area contributed by atoms with E-state index in [2.05, 4.69) is 19.9 Å². The molecule has 1 heterocycles. The van der Waals surface area contributed by atoms with Crippen molar-refractivity contribution >= 4 is 17.2 Å². The van der Waals surface area contributed by atoms with Crippen LogP contribution in [0.2, 0.25) is 0 Å². The van der Waals surface area contributed by atoms with E-state index in [9.17, 15) is 0 Å². The third-order valence-electron chi connectivity index (χ3n) is 3.71. The molecule has 1 aliphatic rings. The van der Waals surface area contributed by atoms with E-state index < -0.39 is 0 Å². The quantitative estimate of drug-likeness (QED) is 0.844. The second-order valence-corrected chi connectivity index (χ2v) is 7.07. The lowest BCUT2D eigenvalue weighted by Gasteiger charge is -2.23. The first-order valence-corrected chi connectivity index (χ1v) is 7.36. The maximum Gasteiger partial charge on any atom is 0.165 e. The Bertz CT molecular complexity index is 523. The van der Waals surface area contributed by atoms with E-state index in [4.69, 9.17) is 27.4 Å². The molecular weight excluding hydrogens is 270 g/mol. The lowest BCUT2D eigenvalue weighted by atomic mass is 9.90. The van der Waals surface area contributed by atoms with Crippen molar-refractivity contribution in [3.63, 3.8) is 0 Å². The highest BCUT2D eigenvalue weighted by Crippen LogP contribution is 2.41. The van der Waals surface area contributed by atoms with E-state index in [0.29, 0.717) is 11.6 Å². The Morgan fingerprint density at radius 2 is 2.15 bits per heavy atom. The monoisotopic (exact) mass is 293 g/mol. The minimum Gasteiger partial charge on any atom is -0.490 e. The fraction of sp³-hybridized carbons (Fsp3) is 0.562. The first-order chi connectivity index (χ1) is 9.21. The second-order valence-electron chi connectivity index (χ2n) is 6.63. The predicted octanol–water partition coefficient (Wildman–Crippen LogP) is 3.48. The van der Waals surface area contributed by atoms with Crippen LogP contribution in [0.25, 0.3) is 0 Å². The van der Waals surface area contributed by atoms with Crippen LogP contribution in [-0.4, -0.2) is 17.2 Å². The lowest BCUT2D eigenvalue weighted by Crippen LogP contribution is -2.31. The minimum atomic E-state index is -0.187. The third kappa shape index (κ3) is 3.23. The van der Waals surface area contributed by atoms with Crippen molar-refractivity contribution < 1.29 is 9.47 Å². The van der Waals surface area contributed by atoms with Crippen molar-refractivity contribution in [1.82, 2.24) is 0 Å². The van der Waals surface area contributed by atoms with Gasteiger partial charge < -0.3 is 15.2 Å². The smallest absolute Gasteiger partial charge is 0.165 e. The molecule has 2 N–H and O–H groups in total. The molecule has 1 aliphatic heterocycles. The largest absolute Gasteiger partial charge is 0.490 e. The molecule has 0 saturated heterocycles. The van der Waals surface area contributed by atoms with Crippen LogP contribution in [-0.2, 0) is 6.42 Å². The molecule has 0 unspecified atom stereocenters. The summed E-state index contributed by atoms with van der Waals surface area (Å²) in [5.74, 6) is 1.69. The first-order valence-electron chi connectivity index (χ1n) is 6.95. The van der Waals surface area contributed by atoms with E-state index in [0.717, 1.165) is 24.3 Å². The van der Waals surface area contributed by atoms with E-state index in [-0.39, 0.29) is 11.0 Å². The summed E-state index contributed by atoms with van der Waals surface area (Å²) in [4.78, 5) is 0.525. The summed E-state index contributed by atoms with van der Waals surface area (Å²) in [5.41, 5.74) is 6.60. The maximum absolute atomic E-state index is 5.98. The van der Waals surface area contributed by atoms with E-state index >= 15 is 0 Å². The molecule has 1 aromatic rings. The van der Waals surface area contributed by atoms with Gasteiger partial charge >= 0.3 is 0 Å². The van der Waals surface area contributed by atoms with Gasteiger partial charge in [-0.2, -0.15) is 0 Å². The van der Waals surface area contributed by atoms with Gasteiger partial charge in [-0.25, -0.2) is 0 Å². The van der Waals surface area contributed by atoms with Gasteiger partial charge in [-0.15, -0.1) is 0 Å². The van der Waals surface area contributed by atoms with Crippen LogP contribution in [0.15, 0.2) is 18.2 Å². The first kappa shape index (κ1) is 15.1. The van der Waals surface area contributed by atoms with Crippen molar-refractivity contribution in [2.24, 2.45) is 11.1 Å². The van der Waals surface area contributed by atoms with Crippen LogP contribution in [0, 0.1) is 5.41 Å². The third-order valence-corrected chi connectivity index (χ3v) is 4.26. The van der Waals surface area contributed by atoms with Crippen LogP contribution in [0.1, 0.15) is 39.7 Å². The fourth-order valence-corrected chi connectivity index (χ4v) is 2.34. The lowest BCUT2D eigenvalue weighted by molar-refractivity contribution is 0.131. The summed E-state index contributed by atoms with van der Waals surface area (Å²) in [6, 6.07) is 6.06. The molecular formula is C16H23NO2S. The number of nitrogens with two attached hydrogens (primary N) is 1. The zero-order chi connectivity index (χ0) is 15.0. The van der Waals surface area contributed by atoms with Gasteiger partial charge in [0.15, 0.2) is 11.5 Å². The van der Waals surface area contributed by atoms with Crippen molar-refractivity contribution in [1.29, 1.82) is 0 Å². The highest BCUT2D eigenvalue weighted by atomic mass is 32.1. The average Bonchev–Trinajstić information content (AvgIpc) is 2.63. The van der Waals surface area contributed by atoms with Crippen molar-refractivity contribution in [2.75, 3.05) is 6.61 Å². The van der Waals surface area contributed by atoms with Crippen molar-refractivity contribution in [2.45, 2.75) is 46.1 Å². The average molecular weight is 293 g/mol. The zero-order valence-electron chi connectivity index (χ0n) is 12.7. The van der Waals surface area contributed by atoms with E-state index in [1.807, 2.05) is 26.0 Å². The summed E-state index contributed by atoms with van der Waals surface area (Å²) in [6.45, 7) is 8.82. The summed E-state index contributed by atoms with van der Waals surface area (Å²) in [5, 5.41) is 0. The summed E-state index contributed by atoms with van der Waals surface area (Å²) in [7, 11) is 0. The Kier molecular flexibility index (Phi) is 3.96. The van der Waals surface area contributed by atoms with E-state index in [1.165, 1.54) is 5.56 Å². The van der Waals surface area contributed by atoms with Gasteiger partial charge in [0.2, 0.25) is 0 Å². The van der Waals surface area contributed by atoms with Gasteiger partial charge in [0.05, 0.1) is 11.6 Å². The summed E-state index contributed by atoms with van der Waals surface area (Å²) >= 11 is 5.07. The molecule has 0 saturated carbocycles. The summed E-state index contributed by atoms with van der Waals surface area (Å²) in [6.07, 6.45) is 1.70. The molecule has 110 valence electrons. The Balaban J connectivity index is 2.03. The molecule has 4 heteroatoms. The fourth-order valence-electron chi connectivity index (χ4n) is 2.24. The Labute approximate surface area is 126 Å². The van der Waals surface area contributed by atoms with Crippen LogP contribution < -0.4 is 15.2 Å². The maximum atomic E-state index is 5.98. The van der Waals surface area contributed by atoms with Crippen LogP contribution in [0.3, 0.4) is 0 Å². The molecule has 0 aromatic heterocycles.